The average molecular weight is 473 g/mol. The van der Waals surface area contributed by atoms with Crippen LogP contribution in [-0.4, -0.2) is 30.0 Å². The third-order valence-corrected chi connectivity index (χ3v) is 7.61. The summed E-state index contributed by atoms with van der Waals surface area (Å²) in [5.74, 6) is 0.159. The lowest BCUT2D eigenvalue weighted by molar-refractivity contribution is -0.137. The second kappa shape index (κ2) is 7.60. The number of ether oxygens (including phenoxy) is 1. The highest BCUT2D eigenvalue weighted by Gasteiger charge is 2.36. The van der Waals surface area contributed by atoms with E-state index in [2.05, 4.69) is 10.2 Å². The molecule has 0 unspecified atom stereocenters. The van der Waals surface area contributed by atoms with Crippen LogP contribution in [0.3, 0.4) is 0 Å². The van der Waals surface area contributed by atoms with Crippen LogP contribution in [-0.2, 0) is 29.3 Å². The summed E-state index contributed by atoms with van der Waals surface area (Å²) in [5, 5.41) is 7.79. The van der Waals surface area contributed by atoms with E-state index in [4.69, 9.17) is 4.74 Å². The Balaban J connectivity index is 1.47. The van der Waals surface area contributed by atoms with Crippen molar-refractivity contribution in [3.63, 3.8) is 0 Å². The van der Waals surface area contributed by atoms with Gasteiger partial charge < -0.3 is 4.74 Å². The van der Waals surface area contributed by atoms with Gasteiger partial charge in [-0.05, 0) is 58.7 Å². The summed E-state index contributed by atoms with van der Waals surface area (Å²) in [7, 11) is -2.63. The van der Waals surface area contributed by atoms with Crippen molar-refractivity contribution in [2.45, 2.75) is 24.2 Å². The quantitative estimate of drug-likeness (QED) is 0.455. The zero-order valence-corrected chi connectivity index (χ0v) is 18.2. The number of H-pyrrole nitrogens is 1. The third kappa shape index (κ3) is 3.75. The molecule has 5 rings (SSSR count). The fourth-order valence-electron chi connectivity index (χ4n) is 4.03. The summed E-state index contributed by atoms with van der Waals surface area (Å²) in [6.45, 7) is -0.137. The first-order valence-corrected chi connectivity index (χ1v) is 11.4. The standard InChI is InChI=1S/C23H18F3N3O3S/c1-32-21-10-15(14-3-6-20-17(8-14)11-27-28-20)4-7-22(21)33(30,31)29-12-16-2-5-19(23(24,25)26)9-18(16)13-29/h2-11H,12-13H2,1H3,(H,27,28). The molecule has 0 aliphatic carbocycles. The molecule has 0 bridgehead atoms. The first kappa shape index (κ1) is 21.5. The summed E-state index contributed by atoms with van der Waals surface area (Å²) in [4.78, 5) is -0.0398. The predicted molar refractivity (Wildman–Crippen MR) is 116 cm³/mol. The summed E-state index contributed by atoms with van der Waals surface area (Å²) >= 11 is 0. The van der Waals surface area contributed by atoms with Crippen LogP contribution in [0, 0.1) is 0 Å². The highest BCUT2D eigenvalue weighted by atomic mass is 32.2. The number of nitrogens with one attached hydrogen (secondary N) is 1. The maximum Gasteiger partial charge on any atom is 0.416 e. The Morgan fingerprint density at radius 3 is 2.45 bits per heavy atom. The van der Waals surface area contributed by atoms with Gasteiger partial charge in [0.05, 0.1) is 24.4 Å². The minimum Gasteiger partial charge on any atom is -0.495 e. The summed E-state index contributed by atoms with van der Waals surface area (Å²) in [6, 6.07) is 13.8. The minimum absolute atomic E-state index is 0.00212. The zero-order valence-electron chi connectivity index (χ0n) is 17.3. The fraction of sp³-hybridized carbons (Fsp3) is 0.174. The van der Waals surface area contributed by atoms with Gasteiger partial charge in [-0.3, -0.25) is 5.10 Å². The molecule has 10 heteroatoms. The molecule has 2 heterocycles. The van der Waals surface area contributed by atoms with Crippen LogP contribution in [0.15, 0.2) is 65.7 Å². The number of fused-ring (bicyclic) bond motifs is 2. The van der Waals surface area contributed by atoms with E-state index in [0.717, 1.165) is 38.5 Å². The molecule has 0 saturated carbocycles. The van der Waals surface area contributed by atoms with Crippen molar-refractivity contribution in [2.24, 2.45) is 0 Å². The van der Waals surface area contributed by atoms with Gasteiger partial charge >= 0.3 is 6.18 Å². The van der Waals surface area contributed by atoms with Crippen molar-refractivity contribution in [2.75, 3.05) is 7.11 Å². The van der Waals surface area contributed by atoms with Crippen LogP contribution >= 0.6 is 0 Å². The van der Waals surface area contributed by atoms with Crippen molar-refractivity contribution in [3.05, 3.63) is 77.5 Å². The first-order chi connectivity index (χ1) is 15.7. The van der Waals surface area contributed by atoms with E-state index in [1.54, 1.807) is 18.3 Å². The number of hydrogen-bond donors (Lipinski definition) is 1. The number of hydrogen-bond acceptors (Lipinski definition) is 4. The van der Waals surface area contributed by atoms with Gasteiger partial charge in [-0.15, -0.1) is 0 Å². The highest BCUT2D eigenvalue weighted by Crippen LogP contribution is 2.38. The molecule has 0 amide bonds. The molecular formula is C23H18F3N3O3S. The Morgan fingerprint density at radius 1 is 0.970 bits per heavy atom. The smallest absolute Gasteiger partial charge is 0.416 e. The van der Waals surface area contributed by atoms with Crippen LogP contribution in [0.25, 0.3) is 22.0 Å². The minimum atomic E-state index is -4.49. The van der Waals surface area contributed by atoms with Gasteiger partial charge in [0.2, 0.25) is 10.0 Å². The molecule has 0 fully saturated rings. The Bertz CT molecular complexity index is 1480. The Hall–Kier alpha value is -3.37. The van der Waals surface area contributed by atoms with E-state index in [9.17, 15) is 21.6 Å². The van der Waals surface area contributed by atoms with E-state index in [1.807, 2.05) is 18.2 Å². The van der Waals surface area contributed by atoms with Crippen LogP contribution in [0.4, 0.5) is 13.2 Å². The molecule has 4 aromatic rings. The van der Waals surface area contributed by atoms with Gasteiger partial charge in [0, 0.05) is 18.5 Å². The Labute approximate surface area is 187 Å². The van der Waals surface area contributed by atoms with Gasteiger partial charge in [0.15, 0.2) is 0 Å². The number of aromatic amines is 1. The van der Waals surface area contributed by atoms with E-state index < -0.39 is 21.8 Å². The van der Waals surface area contributed by atoms with Gasteiger partial charge in [-0.1, -0.05) is 18.2 Å². The van der Waals surface area contributed by atoms with Crippen LogP contribution in [0.2, 0.25) is 0 Å². The molecule has 170 valence electrons. The molecule has 33 heavy (non-hydrogen) atoms. The number of nitrogens with zero attached hydrogens (tertiary/aromatic N) is 2. The molecule has 6 nitrogen and oxygen atoms in total. The second-order valence-corrected chi connectivity index (χ2v) is 9.70. The molecule has 0 spiro atoms. The van der Waals surface area contributed by atoms with E-state index in [0.29, 0.717) is 11.1 Å². The largest absolute Gasteiger partial charge is 0.495 e. The first-order valence-electron chi connectivity index (χ1n) is 9.97. The average Bonchev–Trinajstić information content (AvgIpc) is 3.44. The van der Waals surface area contributed by atoms with Gasteiger partial charge in [-0.25, -0.2) is 8.42 Å². The van der Waals surface area contributed by atoms with Crippen LogP contribution < -0.4 is 4.74 Å². The molecule has 1 N–H and O–H groups in total. The van der Waals surface area contributed by atoms with Gasteiger partial charge in [-0.2, -0.15) is 22.6 Å². The Morgan fingerprint density at radius 2 is 1.70 bits per heavy atom. The van der Waals surface area contributed by atoms with E-state index in [1.165, 1.54) is 19.2 Å². The summed E-state index contributed by atoms with van der Waals surface area (Å²) in [6.07, 6.45) is -2.79. The SMILES string of the molecule is COc1cc(-c2ccc3[nH]ncc3c2)ccc1S(=O)(=O)N1Cc2ccc(C(F)(F)F)cc2C1. The maximum absolute atomic E-state index is 13.4. The lowest BCUT2D eigenvalue weighted by Crippen LogP contribution is -2.26. The zero-order chi connectivity index (χ0) is 23.4. The second-order valence-electron chi connectivity index (χ2n) is 7.79. The predicted octanol–water partition coefficient (Wildman–Crippen LogP) is 4.96. The maximum atomic E-state index is 13.4. The number of aromatic nitrogens is 2. The van der Waals surface area contributed by atoms with Crippen molar-refractivity contribution in [1.82, 2.24) is 14.5 Å². The van der Waals surface area contributed by atoms with Crippen LogP contribution in [0.1, 0.15) is 16.7 Å². The third-order valence-electron chi connectivity index (χ3n) is 5.78. The number of halogens is 3. The summed E-state index contributed by atoms with van der Waals surface area (Å²) in [5.41, 5.74) is 2.60. The molecular weight excluding hydrogens is 455 g/mol. The number of benzene rings is 3. The van der Waals surface area contributed by atoms with Gasteiger partial charge in [0.1, 0.15) is 10.6 Å². The molecule has 0 saturated heterocycles. The molecule has 0 atom stereocenters. The lowest BCUT2D eigenvalue weighted by Gasteiger charge is -2.18. The van der Waals surface area contributed by atoms with Crippen LogP contribution in [0.5, 0.6) is 5.75 Å². The van der Waals surface area contributed by atoms with E-state index in [-0.39, 0.29) is 23.7 Å². The van der Waals surface area contributed by atoms with Crippen molar-refractivity contribution >= 4 is 20.9 Å². The summed E-state index contributed by atoms with van der Waals surface area (Å²) < 4.78 is 72.4. The van der Waals surface area contributed by atoms with Crippen molar-refractivity contribution in [3.8, 4) is 16.9 Å². The fourth-order valence-corrected chi connectivity index (χ4v) is 5.56. The number of methoxy groups -OCH3 is 1. The molecule has 3 aromatic carbocycles. The van der Waals surface area contributed by atoms with Gasteiger partial charge in [0.25, 0.3) is 0 Å². The molecule has 1 aliphatic heterocycles. The lowest BCUT2D eigenvalue weighted by atomic mass is 10.0. The normalized spacial score (nSPS) is 14.5. The number of alkyl halides is 3. The van der Waals surface area contributed by atoms with E-state index >= 15 is 0 Å². The molecule has 1 aromatic heterocycles. The number of sulfonamides is 1. The topological polar surface area (TPSA) is 75.3 Å². The monoisotopic (exact) mass is 473 g/mol. The molecule has 1 aliphatic rings. The van der Waals surface area contributed by atoms with Crippen molar-refractivity contribution < 1.29 is 26.3 Å². The number of rotatable bonds is 4. The Kier molecular flexibility index (Phi) is 4.95. The van der Waals surface area contributed by atoms with Crippen molar-refractivity contribution in [1.29, 1.82) is 0 Å². The molecule has 0 radical (unpaired) electrons. The highest BCUT2D eigenvalue weighted by molar-refractivity contribution is 7.89.